The number of rotatable bonds is 2. The highest BCUT2D eigenvalue weighted by Gasteiger charge is 2.17. The van der Waals surface area contributed by atoms with Crippen molar-refractivity contribution in [2.45, 2.75) is 11.8 Å². The zero-order chi connectivity index (χ0) is 22.7. The van der Waals surface area contributed by atoms with Crippen molar-refractivity contribution in [3.05, 3.63) is 109 Å². The van der Waals surface area contributed by atoms with Gasteiger partial charge in [0.15, 0.2) is 0 Å². The molecule has 1 aromatic heterocycles. The lowest BCUT2D eigenvalue weighted by molar-refractivity contribution is -0.617. The number of hydrogen-bond acceptors (Lipinski definition) is 3. The van der Waals surface area contributed by atoms with Crippen LogP contribution >= 0.6 is 0 Å². The summed E-state index contributed by atoms with van der Waals surface area (Å²) >= 11 is 0. The Labute approximate surface area is 188 Å². The van der Waals surface area contributed by atoms with Crippen molar-refractivity contribution in [3.63, 3.8) is 0 Å². The first-order valence-electron chi connectivity index (χ1n) is 10.2. The Hall–Kier alpha value is -3.54. The van der Waals surface area contributed by atoms with Crippen LogP contribution in [0.4, 0.5) is 0 Å². The van der Waals surface area contributed by atoms with E-state index in [-0.39, 0.29) is 4.90 Å². The quantitative estimate of drug-likeness (QED) is 0.210. The van der Waals surface area contributed by atoms with E-state index in [9.17, 15) is 13.0 Å². The van der Waals surface area contributed by atoms with E-state index in [1.165, 1.54) is 45.1 Å². The van der Waals surface area contributed by atoms with Crippen LogP contribution in [0, 0.1) is 6.92 Å². The first-order chi connectivity index (χ1) is 15.4. The van der Waals surface area contributed by atoms with Crippen molar-refractivity contribution in [2.75, 3.05) is 0 Å². The van der Waals surface area contributed by atoms with Crippen LogP contribution in [0.15, 0.2) is 108 Å². The smallest absolute Gasteiger partial charge is 0.213 e. The van der Waals surface area contributed by atoms with E-state index in [1.807, 2.05) is 6.92 Å². The second kappa shape index (κ2) is 8.91. The molecule has 4 aromatic carbocycles. The highest BCUT2D eigenvalue weighted by atomic mass is 32.2. The minimum absolute atomic E-state index is 0.178. The molecule has 32 heavy (non-hydrogen) atoms. The van der Waals surface area contributed by atoms with Crippen LogP contribution in [0.2, 0.25) is 0 Å². The summed E-state index contributed by atoms with van der Waals surface area (Å²) in [7, 11) is -2.13. The second-order valence-electron chi connectivity index (χ2n) is 7.60. The molecule has 0 aliphatic heterocycles. The van der Waals surface area contributed by atoms with Gasteiger partial charge in [0.25, 0.3) is 0 Å². The Morgan fingerprint density at radius 3 is 1.62 bits per heavy atom. The van der Waals surface area contributed by atoms with Gasteiger partial charge >= 0.3 is 0 Å². The van der Waals surface area contributed by atoms with Crippen LogP contribution in [0.5, 0.6) is 0 Å². The molecule has 160 valence electrons. The minimum atomic E-state index is -4.27. The van der Waals surface area contributed by atoms with Gasteiger partial charge in [0, 0.05) is 17.7 Å². The first kappa shape index (κ1) is 21.7. The summed E-state index contributed by atoms with van der Waals surface area (Å²) in [6, 6.07) is 33.7. The van der Waals surface area contributed by atoms with Crippen LogP contribution in [0.1, 0.15) is 5.56 Å². The Kier molecular flexibility index (Phi) is 6.04. The summed E-state index contributed by atoms with van der Waals surface area (Å²) < 4.78 is 33.4. The predicted octanol–water partition coefficient (Wildman–Crippen LogP) is 5.38. The van der Waals surface area contributed by atoms with Gasteiger partial charge in [-0.25, -0.2) is 8.42 Å². The maximum atomic E-state index is 10.4. The maximum absolute atomic E-state index is 10.4. The molecule has 0 aliphatic carbocycles. The molecule has 0 atom stereocenters. The number of hydrogen-bond donors (Lipinski definition) is 0. The number of para-hydroxylation sites is 2. The largest absolute Gasteiger partial charge is 0.744 e. The Morgan fingerprint density at radius 2 is 1.12 bits per heavy atom. The number of aromatic nitrogens is 1. The lowest BCUT2D eigenvalue weighted by atomic mass is 9.96. The molecule has 5 heteroatoms. The monoisotopic (exact) mass is 441 g/mol. The van der Waals surface area contributed by atoms with Crippen molar-refractivity contribution >= 4 is 31.9 Å². The molecule has 0 radical (unpaired) electrons. The molecule has 0 N–H and O–H groups in total. The van der Waals surface area contributed by atoms with Crippen molar-refractivity contribution in [2.24, 2.45) is 7.05 Å². The molecule has 0 saturated carbocycles. The number of fused-ring (bicyclic) bond motifs is 2. The van der Waals surface area contributed by atoms with Gasteiger partial charge in [-0.2, -0.15) is 4.57 Å². The van der Waals surface area contributed by atoms with Crippen LogP contribution in [0.25, 0.3) is 32.9 Å². The topological polar surface area (TPSA) is 61.1 Å². The van der Waals surface area contributed by atoms with Gasteiger partial charge in [-0.3, -0.25) is 0 Å². The zero-order valence-corrected chi connectivity index (χ0v) is 18.7. The second-order valence-corrected chi connectivity index (χ2v) is 8.98. The molecule has 0 spiro atoms. The fraction of sp³-hybridized carbons (Fsp3) is 0.0741. The van der Waals surface area contributed by atoms with Gasteiger partial charge in [-0.1, -0.05) is 72.3 Å². The molecule has 0 saturated heterocycles. The van der Waals surface area contributed by atoms with Gasteiger partial charge in [-0.15, -0.1) is 0 Å². The third-order valence-electron chi connectivity index (χ3n) is 5.44. The summed E-state index contributed by atoms with van der Waals surface area (Å²) in [5.74, 6) is 0. The Balaban J connectivity index is 0.000000189. The average Bonchev–Trinajstić information content (AvgIpc) is 2.80. The van der Waals surface area contributed by atoms with E-state index in [0.29, 0.717) is 0 Å². The van der Waals surface area contributed by atoms with Crippen molar-refractivity contribution in [1.82, 2.24) is 0 Å². The van der Waals surface area contributed by atoms with E-state index in [4.69, 9.17) is 0 Å². The molecule has 1 heterocycles. The van der Waals surface area contributed by atoms with Crippen molar-refractivity contribution in [1.29, 1.82) is 0 Å². The van der Waals surface area contributed by atoms with Crippen LogP contribution < -0.4 is 4.57 Å². The predicted molar refractivity (Wildman–Crippen MR) is 127 cm³/mol. The number of aryl methyl sites for hydroxylation is 2. The minimum Gasteiger partial charge on any atom is -0.744 e. The maximum Gasteiger partial charge on any atom is 0.213 e. The van der Waals surface area contributed by atoms with E-state index >= 15 is 0 Å². The molecular weight excluding hydrogens is 418 g/mol. The van der Waals surface area contributed by atoms with E-state index in [1.54, 1.807) is 12.1 Å². The average molecular weight is 442 g/mol. The molecule has 0 bridgehead atoms. The number of pyridine rings is 1. The van der Waals surface area contributed by atoms with E-state index < -0.39 is 10.1 Å². The lowest BCUT2D eigenvalue weighted by Crippen LogP contribution is -2.30. The normalized spacial score (nSPS) is 11.2. The summed E-state index contributed by atoms with van der Waals surface area (Å²) in [6.07, 6.45) is 0. The summed E-state index contributed by atoms with van der Waals surface area (Å²) in [5.41, 5.74) is 6.04. The molecule has 5 rings (SSSR count). The first-order valence-corrected chi connectivity index (χ1v) is 11.6. The molecule has 0 fully saturated rings. The lowest BCUT2D eigenvalue weighted by Gasteiger charge is -2.10. The van der Waals surface area contributed by atoms with Crippen molar-refractivity contribution in [3.8, 4) is 11.1 Å². The van der Waals surface area contributed by atoms with Crippen LogP contribution in [0.3, 0.4) is 0 Å². The van der Waals surface area contributed by atoms with Crippen LogP contribution in [-0.2, 0) is 17.2 Å². The number of benzene rings is 4. The van der Waals surface area contributed by atoms with E-state index in [0.717, 1.165) is 5.56 Å². The molecule has 5 aromatic rings. The third kappa shape index (κ3) is 4.40. The summed E-state index contributed by atoms with van der Waals surface area (Å²) in [4.78, 5) is -0.178. The van der Waals surface area contributed by atoms with Gasteiger partial charge in [0.05, 0.1) is 15.7 Å². The molecule has 0 amide bonds. The van der Waals surface area contributed by atoms with Crippen molar-refractivity contribution < 1.29 is 17.5 Å². The highest BCUT2D eigenvalue weighted by molar-refractivity contribution is 7.85. The third-order valence-corrected chi connectivity index (χ3v) is 6.29. The number of nitrogens with zero attached hydrogens (tertiary/aromatic N) is 1. The highest BCUT2D eigenvalue weighted by Crippen LogP contribution is 2.33. The summed E-state index contributed by atoms with van der Waals surface area (Å²) in [5, 5.41) is 2.59. The molecular formula is C27H23NO3S. The molecule has 4 nitrogen and oxygen atoms in total. The Bertz CT molecular complexity index is 1440. The molecule has 0 aliphatic rings. The van der Waals surface area contributed by atoms with Crippen LogP contribution in [-0.4, -0.2) is 13.0 Å². The fourth-order valence-corrected chi connectivity index (χ4v) is 4.32. The van der Waals surface area contributed by atoms with Gasteiger partial charge in [-0.05, 0) is 36.8 Å². The molecule has 0 unspecified atom stereocenters. The van der Waals surface area contributed by atoms with Gasteiger partial charge in [0.1, 0.15) is 17.2 Å². The van der Waals surface area contributed by atoms with E-state index in [2.05, 4.69) is 90.5 Å². The summed E-state index contributed by atoms with van der Waals surface area (Å²) in [6.45, 7) is 1.82. The van der Waals surface area contributed by atoms with Gasteiger partial charge < -0.3 is 4.55 Å². The SMILES string of the molecule is C[n+]1c2ccccc2c(-c2ccccc2)c2ccccc21.Cc1ccc(S(=O)(=O)[O-])cc1. The Morgan fingerprint density at radius 1 is 0.656 bits per heavy atom. The standard InChI is InChI=1S/C20H16N.C7H8O3S/c1-21-18-13-7-5-11-16(18)20(15-9-3-2-4-10-15)17-12-6-8-14-19(17)21;1-6-2-4-7(5-3-6)11(8,9)10/h2-14H,1H3;2-5H,1H3,(H,8,9,10)/q+1;/p-1. The van der Waals surface area contributed by atoms with Gasteiger partial charge in [0.2, 0.25) is 11.0 Å². The zero-order valence-electron chi connectivity index (χ0n) is 17.9. The fourth-order valence-electron chi connectivity index (χ4n) is 3.85.